The Balaban J connectivity index is 1.20. The highest BCUT2D eigenvalue weighted by Crippen LogP contribution is 2.63. The summed E-state index contributed by atoms with van der Waals surface area (Å²) in [6.07, 6.45) is 0. The van der Waals surface area contributed by atoms with Crippen LogP contribution < -0.4 is 4.90 Å². The van der Waals surface area contributed by atoms with E-state index in [1.807, 2.05) is 12.1 Å². The highest BCUT2D eigenvalue weighted by molar-refractivity contribution is 5.96. The lowest BCUT2D eigenvalue weighted by atomic mass is 9.64. The first-order valence-electron chi connectivity index (χ1n) is 18.1. The Morgan fingerprint density at radius 2 is 0.796 bits per heavy atom. The van der Waals surface area contributed by atoms with Gasteiger partial charge in [0, 0.05) is 5.69 Å². The zero-order valence-corrected chi connectivity index (χ0v) is 29.2. The van der Waals surface area contributed by atoms with E-state index in [0.717, 1.165) is 61.6 Å². The molecule has 0 N–H and O–H groups in total. The van der Waals surface area contributed by atoms with Crippen molar-refractivity contribution in [2.75, 3.05) is 4.90 Å². The van der Waals surface area contributed by atoms with Crippen LogP contribution in [0, 0.1) is 22.7 Å². The number of fused-ring (bicyclic) bond motifs is 9. The summed E-state index contributed by atoms with van der Waals surface area (Å²) in [5.74, 6) is 0. The van der Waals surface area contributed by atoms with Crippen molar-refractivity contribution < 1.29 is 0 Å². The predicted octanol–water partition coefficient (Wildman–Crippen LogP) is 12.6. The molecule has 0 unspecified atom stereocenters. The molecule has 0 saturated heterocycles. The molecule has 0 aromatic heterocycles. The Bertz CT molecular complexity index is 2690. The third-order valence-electron chi connectivity index (χ3n) is 11.1. The summed E-state index contributed by atoms with van der Waals surface area (Å²) in [4.78, 5) is 2.37. The minimum atomic E-state index is -0.736. The topological polar surface area (TPSA) is 50.8 Å². The second-order valence-corrected chi connectivity index (χ2v) is 13.9. The third kappa shape index (κ3) is 4.66. The van der Waals surface area contributed by atoms with Crippen LogP contribution in [-0.2, 0) is 5.41 Å². The van der Waals surface area contributed by atoms with E-state index in [2.05, 4.69) is 193 Å². The van der Waals surface area contributed by atoms with Gasteiger partial charge >= 0.3 is 0 Å². The second kappa shape index (κ2) is 12.3. The van der Waals surface area contributed by atoms with E-state index in [4.69, 9.17) is 0 Å². The smallest absolute Gasteiger partial charge is 0.0991 e. The van der Waals surface area contributed by atoms with Crippen molar-refractivity contribution >= 4 is 17.1 Å². The van der Waals surface area contributed by atoms with Gasteiger partial charge in [-0.05, 0) is 133 Å². The molecule has 0 bridgehead atoms. The van der Waals surface area contributed by atoms with E-state index in [1.54, 1.807) is 0 Å². The average molecular weight is 686 g/mol. The number of para-hydroxylation sites is 2. The molecule has 0 fully saturated rings. The number of hydrogen-bond acceptors (Lipinski definition) is 3. The van der Waals surface area contributed by atoms with Gasteiger partial charge < -0.3 is 4.90 Å². The van der Waals surface area contributed by atoms with Gasteiger partial charge in [0.1, 0.15) is 0 Å². The van der Waals surface area contributed by atoms with E-state index >= 15 is 0 Å². The molecule has 8 aromatic rings. The molecule has 2 aliphatic rings. The van der Waals surface area contributed by atoms with Crippen LogP contribution in [0.1, 0.15) is 33.4 Å². The van der Waals surface area contributed by atoms with Gasteiger partial charge in [-0.15, -0.1) is 0 Å². The van der Waals surface area contributed by atoms with Crippen molar-refractivity contribution in [2.45, 2.75) is 5.41 Å². The lowest BCUT2D eigenvalue weighted by molar-refractivity contribution is 0.752. The molecule has 1 aliphatic carbocycles. The van der Waals surface area contributed by atoms with E-state index in [1.165, 1.54) is 22.3 Å². The van der Waals surface area contributed by atoms with Gasteiger partial charge in [0.05, 0.1) is 40.1 Å². The Morgan fingerprint density at radius 3 is 1.30 bits per heavy atom. The van der Waals surface area contributed by atoms with Gasteiger partial charge in [0.15, 0.2) is 0 Å². The molecule has 0 amide bonds. The summed E-state index contributed by atoms with van der Waals surface area (Å²) in [6.45, 7) is 0. The minimum absolute atomic E-state index is 0.610. The van der Waals surface area contributed by atoms with Crippen LogP contribution in [0.3, 0.4) is 0 Å². The maximum absolute atomic E-state index is 10.1. The lowest BCUT2D eigenvalue weighted by Gasteiger charge is -2.45. The Hall–Kier alpha value is -7.46. The van der Waals surface area contributed by atoms with E-state index in [-0.39, 0.29) is 0 Å². The molecule has 8 aromatic carbocycles. The van der Waals surface area contributed by atoms with E-state index < -0.39 is 5.41 Å². The Kier molecular flexibility index (Phi) is 7.15. The van der Waals surface area contributed by atoms with Gasteiger partial charge in [-0.1, -0.05) is 121 Å². The van der Waals surface area contributed by atoms with Crippen LogP contribution in [0.4, 0.5) is 17.1 Å². The van der Waals surface area contributed by atoms with Crippen LogP contribution >= 0.6 is 0 Å². The van der Waals surface area contributed by atoms with Crippen molar-refractivity contribution in [3.05, 3.63) is 221 Å². The van der Waals surface area contributed by atoms with E-state index in [0.29, 0.717) is 11.1 Å². The maximum Gasteiger partial charge on any atom is 0.0991 e. The molecule has 3 nitrogen and oxygen atoms in total. The molecule has 1 heterocycles. The van der Waals surface area contributed by atoms with Crippen LogP contribution in [-0.4, -0.2) is 0 Å². The molecule has 3 heteroatoms. The van der Waals surface area contributed by atoms with Crippen LogP contribution in [0.25, 0.3) is 44.5 Å². The summed E-state index contributed by atoms with van der Waals surface area (Å²) < 4.78 is 0. The van der Waals surface area contributed by atoms with Crippen molar-refractivity contribution in [2.24, 2.45) is 0 Å². The predicted molar refractivity (Wildman–Crippen MR) is 218 cm³/mol. The first-order valence-corrected chi connectivity index (χ1v) is 18.1. The molecule has 10 rings (SSSR count). The van der Waals surface area contributed by atoms with Gasteiger partial charge in [-0.25, -0.2) is 0 Å². The summed E-state index contributed by atoms with van der Waals surface area (Å²) in [5.41, 5.74) is 17.1. The number of nitriles is 2. The SMILES string of the molecule is N#Cc1ccc2c(c1)C1(c3cc(C#N)ccc3-2)c2ccccc2N(c2cccc(-c3cc(-c4ccccc4)cc(-c4ccccc4)c3)c2)c2ccccc21. The quantitative estimate of drug-likeness (QED) is 0.185. The molecular formula is C51H31N3. The molecule has 1 spiro atoms. The molecule has 1 aliphatic heterocycles. The largest absolute Gasteiger partial charge is 0.310 e. The van der Waals surface area contributed by atoms with Crippen LogP contribution in [0.15, 0.2) is 188 Å². The van der Waals surface area contributed by atoms with Crippen LogP contribution in [0.5, 0.6) is 0 Å². The summed E-state index contributed by atoms with van der Waals surface area (Å²) in [6, 6.07) is 70.9. The number of anilines is 3. The number of rotatable bonds is 4. The normalized spacial score (nSPS) is 12.9. The first-order chi connectivity index (χ1) is 26.7. The maximum atomic E-state index is 10.1. The van der Waals surface area contributed by atoms with Crippen molar-refractivity contribution in [1.82, 2.24) is 0 Å². The molecule has 54 heavy (non-hydrogen) atoms. The highest BCUT2D eigenvalue weighted by atomic mass is 15.2. The first kappa shape index (κ1) is 31.3. The summed E-state index contributed by atoms with van der Waals surface area (Å²) in [5, 5.41) is 20.2. The number of benzene rings is 8. The minimum Gasteiger partial charge on any atom is -0.310 e. The molecular weight excluding hydrogens is 655 g/mol. The van der Waals surface area contributed by atoms with Gasteiger partial charge in [-0.3, -0.25) is 0 Å². The fraction of sp³-hybridized carbons (Fsp3) is 0.0196. The van der Waals surface area contributed by atoms with Gasteiger partial charge in [-0.2, -0.15) is 10.5 Å². The van der Waals surface area contributed by atoms with Crippen molar-refractivity contribution in [1.29, 1.82) is 10.5 Å². The average Bonchev–Trinajstić information content (AvgIpc) is 3.53. The zero-order valence-electron chi connectivity index (χ0n) is 29.2. The number of hydrogen-bond donors (Lipinski definition) is 0. The Morgan fingerprint density at radius 1 is 0.352 bits per heavy atom. The Labute approximate surface area is 314 Å². The lowest BCUT2D eigenvalue weighted by Crippen LogP contribution is -2.36. The second-order valence-electron chi connectivity index (χ2n) is 13.9. The van der Waals surface area contributed by atoms with Gasteiger partial charge in [0.25, 0.3) is 0 Å². The van der Waals surface area contributed by atoms with Gasteiger partial charge in [0.2, 0.25) is 0 Å². The van der Waals surface area contributed by atoms with Crippen molar-refractivity contribution in [3.8, 4) is 56.6 Å². The fourth-order valence-electron chi connectivity index (χ4n) is 8.78. The van der Waals surface area contributed by atoms with Crippen molar-refractivity contribution in [3.63, 3.8) is 0 Å². The molecule has 250 valence electrons. The monoisotopic (exact) mass is 685 g/mol. The highest BCUT2D eigenvalue weighted by Gasteiger charge is 2.52. The third-order valence-corrected chi connectivity index (χ3v) is 11.1. The van der Waals surface area contributed by atoms with E-state index in [9.17, 15) is 10.5 Å². The number of nitrogens with zero attached hydrogens (tertiary/aromatic N) is 3. The fourth-order valence-corrected chi connectivity index (χ4v) is 8.78. The molecule has 0 atom stereocenters. The molecule has 0 radical (unpaired) electrons. The summed E-state index contributed by atoms with van der Waals surface area (Å²) >= 11 is 0. The standard InChI is InChI=1S/C51H31N3/c52-32-34-22-24-43-44-25-23-35(33-53)27-48(44)51(47(43)26-34)45-18-7-9-20-49(45)54(50-21-10-8-19-46(50)51)42-17-11-16-38(31-42)41-29-39(36-12-3-1-4-13-36)28-40(30-41)37-14-5-2-6-15-37/h1-31H. The zero-order chi connectivity index (χ0) is 36.2. The van der Waals surface area contributed by atoms with Crippen LogP contribution in [0.2, 0.25) is 0 Å². The molecule has 0 saturated carbocycles. The summed E-state index contributed by atoms with van der Waals surface area (Å²) in [7, 11) is 0.